The predicted octanol–water partition coefficient (Wildman–Crippen LogP) is 6.24. The van der Waals surface area contributed by atoms with Gasteiger partial charge in [0.1, 0.15) is 0 Å². The molecule has 2 N–H and O–H groups in total. The van der Waals surface area contributed by atoms with Crippen LogP contribution in [0.4, 0.5) is 0 Å². The first-order chi connectivity index (χ1) is 31.0. The molecule has 0 amide bonds. The fourth-order valence-corrected chi connectivity index (χ4v) is 10.8. The zero-order valence-corrected chi connectivity index (χ0v) is 39.5. The van der Waals surface area contributed by atoms with Gasteiger partial charge in [-0.1, -0.05) is 42.5 Å². The third kappa shape index (κ3) is 11.2. The molecule has 0 saturated carbocycles. The number of aryl methyl sites for hydroxylation is 4. The molecule has 0 spiro atoms. The van der Waals surface area contributed by atoms with Gasteiger partial charge in [-0.05, 0) is 103 Å². The van der Waals surface area contributed by atoms with Crippen LogP contribution in [0.25, 0.3) is 0 Å². The standard InChI is InChI=1S/C48H55O17P/c1-11-62-43(55)39(44(56)63-12-2)31(41(51)52)22-33(49)35-24(5)20-26(7)37(28(35)9)47(59)66(61,30-18-16-15-17-19-30)48(60)38-27(8)21-25(6)36(29(38)10)34(50)23-32(42(53)54)40(45(57)64-13-3)46(58)65-14-4/h15-21,31-32,39-40H,11-14,22-23H2,1-10H3,(H,51,52)(H,53,54). The lowest BCUT2D eigenvalue weighted by molar-refractivity contribution is -0.170. The van der Waals surface area contributed by atoms with Crippen molar-refractivity contribution >= 4 is 70.9 Å². The molecule has 0 aromatic heterocycles. The van der Waals surface area contributed by atoms with Crippen molar-refractivity contribution in [2.45, 2.75) is 82.1 Å². The molecule has 2 unspecified atom stereocenters. The van der Waals surface area contributed by atoms with Crippen molar-refractivity contribution < 1.29 is 81.7 Å². The van der Waals surface area contributed by atoms with Gasteiger partial charge in [-0.2, -0.15) is 0 Å². The molecule has 0 aliphatic rings. The molecule has 0 aliphatic carbocycles. The molecule has 0 fully saturated rings. The van der Waals surface area contributed by atoms with Crippen molar-refractivity contribution in [3.05, 3.63) is 98.1 Å². The van der Waals surface area contributed by atoms with E-state index in [1.54, 1.807) is 6.07 Å². The number of aliphatic carboxylic acids is 2. The number of hydrogen-bond acceptors (Lipinski definition) is 15. The molecule has 0 aliphatic heterocycles. The normalized spacial score (nSPS) is 12.9. The van der Waals surface area contributed by atoms with Crippen LogP contribution in [-0.4, -0.2) is 95.1 Å². The van der Waals surface area contributed by atoms with Crippen LogP contribution in [0.1, 0.15) is 115 Å². The lowest BCUT2D eigenvalue weighted by Crippen LogP contribution is -2.39. The fraction of sp³-hybridized carbons (Fsp3) is 0.417. The number of carboxylic acid groups (broad SMARTS) is 2. The Labute approximate surface area is 381 Å². The van der Waals surface area contributed by atoms with Crippen molar-refractivity contribution in [1.29, 1.82) is 0 Å². The highest BCUT2D eigenvalue weighted by molar-refractivity contribution is 8.01. The molecule has 66 heavy (non-hydrogen) atoms. The number of rotatable bonds is 23. The molecular formula is C48H55O17P. The zero-order chi connectivity index (χ0) is 50.0. The van der Waals surface area contributed by atoms with Crippen molar-refractivity contribution in [2.24, 2.45) is 23.7 Å². The molecule has 0 radical (unpaired) electrons. The Morgan fingerprint density at radius 3 is 1.05 bits per heavy atom. The van der Waals surface area contributed by atoms with E-state index >= 15 is 14.2 Å². The van der Waals surface area contributed by atoms with Crippen molar-refractivity contribution in [3.8, 4) is 0 Å². The fourth-order valence-electron chi connectivity index (χ4n) is 8.24. The number of esters is 4. The summed E-state index contributed by atoms with van der Waals surface area (Å²) in [5.74, 6) is -18.1. The number of Topliss-reactive ketones (excluding diaryl/α,β-unsaturated/α-hetero) is 2. The minimum absolute atomic E-state index is 0.0786. The summed E-state index contributed by atoms with van der Waals surface area (Å²) >= 11 is 0. The summed E-state index contributed by atoms with van der Waals surface area (Å²) in [6.07, 6.45) is -1.88. The molecule has 3 aromatic rings. The molecule has 0 heterocycles. The first kappa shape index (κ1) is 53.7. The van der Waals surface area contributed by atoms with Gasteiger partial charge < -0.3 is 33.7 Å². The maximum atomic E-state index is 15.8. The van der Waals surface area contributed by atoms with Gasteiger partial charge in [0.25, 0.3) is 0 Å². The number of benzene rings is 3. The van der Waals surface area contributed by atoms with E-state index < -0.39 is 102 Å². The van der Waals surface area contributed by atoms with Gasteiger partial charge in [-0.15, -0.1) is 0 Å². The van der Waals surface area contributed by atoms with Crippen molar-refractivity contribution in [2.75, 3.05) is 26.4 Å². The molecule has 0 bridgehead atoms. The molecule has 354 valence electrons. The van der Waals surface area contributed by atoms with Crippen LogP contribution in [0, 0.1) is 65.2 Å². The Balaban J connectivity index is 2.29. The van der Waals surface area contributed by atoms with Crippen LogP contribution in [0.15, 0.2) is 42.5 Å². The highest BCUT2D eigenvalue weighted by Crippen LogP contribution is 2.53. The van der Waals surface area contributed by atoms with Gasteiger partial charge in [-0.3, -0.25) is 47.9 Å². The number of ketones is 2. The number of hydrogen-bond donors (Lipinski definition) is 2. The second kappa shape index (κ2) is 23.0. The van der Waals surface area contributed by atoms with E-state index in [-0.39, 0.29) is 87.4 Å². The summed E-state index contributed by atoms with van der Waals surface area (Å²) in [5, 5.41) is 20.2. The predicted molar refractivity (Wildman–Crippen MR) is 237 cm³/mol. The molecule has 0 saturated heterocycles. The molecule has 3 aromatic carbocycles. The smallest absolute Gasteiger partial charge is 0.321 e. The summed E-state index contributed by atoms with van der Waals surface area (Å²) in [4.78, 5) is 136. The topological polar surface area (TPSA) is 265 Å². The Hall–Kier alpha value is -6.61. The molecular weight excluding hydrogens is 879 g/mol. The Kier molecular flexibility index (Phi) is 18.7. The van der Waals surface area contributed by atoms with Gasteiger partial charge in [0.05, 0.1) is 38.3 Å². The first-order valence-electron chi connectivity index (χ1n) is 21.1. The number of ether oxygens (including phenoxy) is 4. The summed E-state index contributed by atoms with van der Waals surface area (Å²) < 4.78 is 35.6. The van der Waals surface area contributed by atoms with E-state index in [2.05, 4.69) is 0 Å². The molecule has 2 atom stereocenters. The van der Waals surface area contributed by atoms with E-state index in [0.29, 0.717) is 0 Å². The van der Waals surface area contributed by atoms with Crippen molar-refractivity contribution in [3.63, 3.8) is 0 Å². The Morgan fingerprint density at radius 1 is 0.485 bits per heavy atom. The zero-order valence-electron chi connectivity index (χ0n) is 38.6. The minimum Gasteiger partial charge on any atom is -0.481 e. The molecule has 3 rings (SSSR count). The van der Waals surface area contributed by atoms with Crippen LogP contribution < -0.4 is 5.30 Å². The van der Waals surface area contributed by atoms with Gasteiger partial charge in [0.15, 0.2) is 23.4 Å². The maximum absolute atomic E-state index is 15.8. The average molecular weight is 935 g/mol. The van der Waals surface area contributed by atoms with E-state index in [0.717, 1.165) is 0 Å². The maximum Gasteiger partial charge on any atom is 0.321 e. The minimum atomic E-state index is -5.07. The van der Waals surface area contributed by atoms with Crippen LogP contribution in [0.3, 0.4) is 0 Å². The third-order valence-electron chi connectivity index (χ3n) is 11.0. The number of carbonyl (C=O) groups is 10. The van der Waals surface area contributed by atoms with Gasteiger partial charge in [-0.25, -0.2) is 0 Å². The van der Waals surface area contributed by atoms with E-state index in [1.165, 1.54) is 106 Å². The lowest BCUT2D eigenvalue weighted by atomic mass is 9.83. The van der Waals surface area contributed by atoms with Crippen LogP contribution in [0.5, 0.6) is 0 Å². The Bertz CT molecular complexity index is 2320. The Morgan fingerprint density at radius 2 is 0.773 bits per heavy atom. The third-order valence-corrected chi connectivity index (χ3v) is 13.6. The quantitative estimate of drug-likeness (QED) is 0.0350. The highest BCUT2D eigenvalue weighted by Gasteiger charge is 2.48. The van der Waals surface area contributed by atoms with Crippen LogP contribution in [0.2, 0.25) is 0 Å². The second-order valence-electron chi connectivity index (χ2n) is 15.4. The monoisotopic (exact) mass is 934 g/mol. The lowest BCUT2D eigenvalue weighted by Gasteiger charge is -2.24. The summed E-state index contributed by atoms with van der Waals surface area (Å²) in [6, 6.07) is 9.87. The van der Waals surface area contributed by atoms with Crippen molar-refractivity contribution in [1.82, 2.24) is 0 Å². The van der Waals surface area contributed by atoms with Crippen LogP contribution in [-0.2, 0) is 52.3 Å². The highest BCUT2D eigenvalue weighted by atomic mass is 31.2. The van der Waals surface area contributed by atoms with E-state index in [1.807, 2.05) is 0 Å². The summed E-state index contributed by atoms with van der Waals surface area (Å²) in [7, 11) is -5.07. The SMILES string of the molecule is CCOC(=O)C(C(=O)OCC)C(CC(=O)c1c(C)cc(C)c(C(=O)P(=O)(C(=O)c2c(C)cc(C)c(C(=O)CC(C(=O)O)C(C(=O)OCC)C(=O)OCC)c2C)c2ccccc2)c1C)C(=O)O. The summed E-state index contributed by atoms with van der Waals surface area (Å²) in [6.45, 7) is 13.6. The van der Waals surface area contributed by atoms with Gasteiger partial charge in [0, 0.05) is 40.4 Å². The van der Waals surface area contributed by atoms with Crippen LogP contribution >= 0.6 is 7.14 Å². The van der Waals surface area contributed by atoms with E-state index in [4.69, 9.17) is 18.9 Å². The average Bonchev–Trinajstić information content (AvgIpc) is 3.23. The second-order valence-corrected chi connectivity index (χ2v) is 18.0. The number of carboxylic acids is 2. The number of carbonyl (C=O) groups excluding carboxylic acids is 8. The largest absolute Gasteiger partial charge is 0.481 e. The molecule has 17 nitrogen and oxygen atoms in total. The molecule has 18 heteroatoms. The van der Waals surface area contributed by atoms with Gasteiger partial charge >= 0.3 is 35.8 Å². The summed E-state index contributed by atoms with van der Waals surface area (Å²) in [5.41, 5.74) is -2.71. The van der Waals surface area contributed by atoms with E-state index in [9.17, 15) is 48.6 Å². The van der Waals surface area contributed by atoms with Gasteiger partial charge in [0.2, 0.25) is 18.2 Å². The first-order valence-corrected chi connectivity index (χ1v) is 22.8.